The van der Waals surface area contributed by atoms with Crippen LogP contribution < -0.4 is 14.8 Å². The highest BCUT2D eigenvalue weighted by Crippen LogP contribution is 2.21. The number of ether oxygens (including phenoxy) is 1. The molecule has 0 aromatic heterocycles. The maximum absolute atomic E-state index is 12.7. The minimum Gasteiger partial charge on any atom is -0.481 e. The van der Waals surface area contributed by atoms with Crippen molar-refractivity contribution in [1.82, 2.24) is 0 Å². The maximum Gasteiger partial charge on any atom is 0.265 e. The third-order valence-electron chi connectivity index (χ3n) is 5.07. The molecule has 0 unspecified atom stereocenters. The molecule has 168 valence electrons. The molecule has 32 heavy (non-hydrogen) atoms. The zero-order chi connectivity index (χ0) is 23.5. The predicted octanol–water partition coefficient (Wildman–Crippen LogP) is 5.13. The monoisotopic (exact) mass is 452 g/mol. The molecule has 1 amide bonds. The molecule has 0 radical (unpaired) electrons. The van der Waals surface area contributed by atoms with E-state index in [-0.39, 0.29) is 10.8 Å². The summed E-state index contributed by atoms with van der Waals surface area (Å²) in [6, 6.07) is 17.2. The van der Waals surface area contributed by atoms with E-state index in [1.165, 1.54) is 12.1 Å². The van der Waals surface area contributed by atoms with Gasteiger partial charge in [-0.3, -0.25) is 9.52 Å². The molecule has 7 heteroatoms. The third-order valence-corrected chi connectivity index (χ3v) is 6.47. The second-order valence-electron chi connectivity index (χ2n) is 8.00. The van der Waals surface area contributed by atoms with Gasteiger partial charge < -0.3 is 10.1 Å². The SMILES string of the molecule is Cc1cc(C)cc(O[C@@H](C)C(=O)Nc2ccc(S(=O)(=O)Nc3ccc(C)c(C)c3)cc2)c1. The van der Waals surface area contributed by atoms with Gasteiger partial charge in [-0.1, -0.05) is 12.1 Å². The van der Waals surface area contributed by atoms with Crippen LogP contribution in [-0.2, 0) is 14.8 Å². The Labute approximate surface area is 189 Å². The molecule has 3 aromatic rings. The number of amides is 1. The van der Waals surface area contributed by atoms with Crippen LogP contribution in [-0.4, -0.2) is 20.4 Å². The van der Waals surface area contributed by atoms with E-state index in [0.717, 1.165) is 22.3 Å². The standard InChI is InChI=1S/C25H28N2O4S/c1-16-12-17(2)14-23(13-16)31-20(5)25(28)26-21-8-10-24(11-9-21)32(29,30)27-22-7-6-18(3)19(4)15-22/h6-15,20,27H,1-5H3,(H,26,28)/t20-/m0/s1. The lowest BCUT2D eigenvalue weighted by Crippen LogP contribution is -2.30. The Bertz CT molecular complexity index is 1220. The van der Waals surface area contributed by atoms with E-state index in [2.05, 4.69) is 10.0 Å². The zero-order valence-electron chi connectivity index (χ0n) is 18.9. The van der Waals surface area contributed by atoms with Crippen molar-refractivity contribution in [3.8, 4) is 5.75 Å². The molecular formula is C25H28N2O4S. The third kappa shape index (κ3) is 5.88. The molecule has 0 aliphatic heterocycles. The summed E-state index contributed by atoms with van der Waals surface area (Å²) in [6.45, 7) is 9.49. The predicted molar refractivity (Wildman–Crippen MR) is 128 cm³/mol. The molecule has 3 rings (SSSR count). The molecule has 0 aliphatic rings. The van der Waals surface area contributed by atoms with Gasteiger partial charge in [0.15, 0.2) is 6.10 Å². The van der Waals surface area contributed by atoms with Crippen LogP contribution in [0.25, 0.3) is 0 Å². The highest BCUT2D eigenvalue weighted by atomic mass is 32.2. The quantitative estimate of drug-likeness (QED) is 0.521. The van der Waals surface area contributed by atoms with E-state index in [1.54, 1.807) is 31.2 Å². The summed E-state index contributed by atoms with van der Waals surface area (Å²) >= 11 is 0. The van der Waals surface area contributed by atoms with Crippen molar-refractivity contribution < 1.29 is 17.9 Å². The van der Waals surface area contributed by atoms with E-state index < -0.39 is 16.1 Å². The summed E-state index contributed by atoms with van der Waals surface area (Å²) in [4.78, 5) is 12.6. The molecule has 0 spiro atoms. The molecule has 0 bridgehead atoms. The van der Waals surface area contributed by atoms with Gasteiger partial charge in [0.1, 0.15) is 5.75 Å². The van der Waals surface area contributed by atoms with Gasteiger partial charge in [-0.25, -0.2) is 8.42 Å². The molecule has 0 aliphatic carbocycles. The lowest BCUT2D eigenvalue weighted by Gasteiger charge is -2.16. The van der Waals surface area contributed by atoms with Gasteiger partial charge in [0.2, 0.25) is 0 Å². The summed E-state index contributed by atoms with van der Waals surface area (Å²) in [5.41, 5.74) is 5.18. The van der Waals surface area contributed by atoms with Crippen LogP contribution in [0.5, 0.6) is 5.75 Å². The Morgan fingerprint density at radius 2 is 1.41 bits per heavy atom. The number of hydrogen-bond donors (Lipinski definition) is 2. The molecule has 1 atom stereocenters. The van der Waals surface area contributed by atoms with Crippen molar-refractivity contribution in [1.29, 1.82) is 0 Å². The Hall–Kier alpha value is -3.32. The number of rotatable bonds is 7. The van der Waals surface area contributed by atoms with Crippen molar-refractivity contribution in [2.45, 2.75) is 45.6 Å². The van der Waals surface area contributed by atoms with Crippen LogP contribution in [0.15, 0.2) is 65.6 Å². The van der Waals surface area contributed by atoms with Gasteiger partial charge in [0.25, 0.3) is 15.9 Å². The van der Waals surface area contributed by atoms with Gasteiger partial charge in [0, 0.05) is 11.4 Å². The summed E-state index contributed by atoms with van der Waals surface area (Å²) < 4.78 is 33.7. The number of carbonyl (C=O) groups is 1. The fourth-order valence-electron chi connectivity index (χ4n) is 3.24. The summed E-state index contributed by atoms with van der Waals surface area (Å²) in [6.07, 6.45) is -0.717. The Morgan fingerprint density at radius 1 is 0.812 bits per heavy atom. The molecule has 0 saturated carbocycles. The van der Waals surface area contributed by atoms with Gasteiger partial charge in [-0.2, -0.15) is 0 Å². The molecule has 3 aromatic carbocycles. The second kappa shape index (κ2) is 9.44. The first-order chi connectivity index (χ1) is 15.0. The summed E-state index contributed by atoms with van der Waals surface area (Å²) in [7, 11) is -3.74. The average molecular weight is 453 g/mol. The largest absolute Gasteiger partial charge is 0.481 e. The van der Waals surface area contributed by atoms with Crippen LogP contribution in [0.2, 0.25) is 0 Å². The fourth-order valence-corrected chi connectivity index (χ4v) is 4.29. The van der Waals surface area contributed by atoms with Crippen molar-refractivity contribution in [3.63, 3.8) is 0 Å². The normalized spacial score (nSPS) is 12.2. The van der Waals surface area contributed by atoms with Crippen molar-refractivity contribution >= 4 is 27.3 Å². The van der Waals surface area contributed by atoms with E-state index >= 15 is 0 Å². The molecule has 0 fully saturated rings. The maximum atomic E-state index is 12.7. The number of hydrogen-bond acceptors (Lipinski definition) is 4. The minimum atomic E-state index is -3.74. The van der Waals surface area contributed by atoms with Crippen molar-refractivity contribution in [2.75, 3.05) is 10.0 Å². The minimum absolute atomic E-state index is 0.105. The Kier molecular flexibility index (Phi) is 6.89. The molecule has 0 heterocycles. The van der Waals surface area contributed by atoms with E-state index in [1.807, 2.05) is 52.0 Å². The van der Waals surface area contributed by atoms with Crippen LogP contribution >= 0.6 is 0 Å². The van der Waals surface area contributed by atoms with Gasteiger partial charge in [-0.05, 0) is 105 Å². The number of carbonyl (C=O) groups excluding carboxylic acids is 1. The Morgan fingerprint density at radius 3 is 2.00 bits per heavy atom. The Balaban J connectivity index is 1.65. The smallest absolute Gasteiger partial charge is 0.265 e. The fraction of sp³-hybridized carbons (Fsp3) is 0.240. The van der Waals surface area contributed by atoms with Crippen molar-refractivity contribution in [2.24, 2.45) is 0 Å². The molecule has 2 N–H and O–H groups in total. The molecule has 0 saturated heterocycles. The number of aryl methyl sites for hydroxylation is 4. The molecular weight excluding hydrogens is 424 g/mol. The topological polar surface area (TPSA) is 84.5 Å². The van der Waals surface area contributed by atoms with Crippen molar-refractivity contribution in [3.05, 3.63) is 82.9 Å². The number of anilines is 2. The number of benzene rings is 3. The van der Waals surface area contributed by atoms with E-state index in [9.17, 15) is 13.2 Å². The first-order valence-corrected chi connectivity index (χ1v) is 11.8. The number of nitrogens with one attached hydrogen (secondary N) is 2. The van der Waals surface area contributed by atoms with Crippen LogP contribution in [0.4, 0.5) is 11.4 Å². The highest BCUT2D eigenvalue weighted by molar-refractivity contribution is 7.92. The lowest BCUT2D eigenvalue weighted by atomic mass is 10.1. The summed E-state index contributed by atoms with van der Waals surface area (Å²) in [5.74, 6) is 0.303. The first kappa shape index (κ1) is 23.3. The second-order valence-corrected chi connectivity index (χ2v) is 9.68. The van der Waals surface area contributed by atoms with Gasteiger partial charge in [0.05, 0.1) is 4.90 Å². The van der Waals surface area contributed by atoms with Gasteiger partial charge >= 0.3 is 0 Å². The highest BCUT2D eigenvalue weighted by Gasteiger charge is 2.17. The summed E-state index contributed by atoms with van der Waals surface area (Å²) in [5, 5.41) is 2.75. The van der Waals surface area contributed by atoms with Crippen LogP contribution in [0.1, 0.15) is 29.2 Å². The number of sulfonamides is 1. The van der Waals surface area contributed by atoms with Gasteiger partial charge in [-0.15, -0.1) is 0 Å². The van der Waals surface area contributed by atoms with Crippen LogP contribution in [0.3, 0.4) is 0 Å². The first-order valence-electron chi connectivity index (χ1n) is 10.3. The van der Waals surface area contributed by atoms with Crippen LogP contribution in [0, 0.1) is 27.7 Å². The lowest BCUT2D eigenvalue weighted by molar-refractivity contribution is -0.122. The molecule has 6 nitrogen and oxygen atoms in total. The van der Waals surface area contributed by atoms with E-state index in [4.69, 9.17) is 4.74 Å². The zero-order valence-corrected chi connectivity index (χ0v) is 19.7. The average Bonchev–Trinajstić information content (AvgIpc) is 2.70. The van der Waals surface area contributed by atoms with E-state index in [0.29, 0.717) is 17.1 Å².